The number of carbonyl (C=O) groups is 2. The first-order valence-electron chi connectivity index (χ1n) is 8.83. The number of aliphatic carboxylic acids is 1. The van der Waals surface area contributed by atoms with Crippen LogP contribution in [0.25, 0.3) is 0 Å². The summed E-state index contributed by atoms with van der Waals surface area (Å²) in [7, 11) is 0. The molecule has 0 unspecified atom stereocenters. The summed E-state index contributed by atoms with van der Waals surface area (Å²) >= 11 is 0. The summed E-state index contributed by atoms with van der Waals surface area (Å²) in [5.41, 5.74) is 0.533. The Balaban J connectivity index is 2.17. The molecule has 0 bridgehead atoms. The second-order valence-corrected chi connectivity index (χ2v) is 8.85. The van der Waals surface area contributed by atoms with Gasteiger partial charge in [0.15, 0.2) is 0 Å². The molecule has 0 saturated carbocycles. The lowest BCUT2D eigenvalue weighted by Crippen LogP contribution is -2.52. The van der Waals surface area contributed by atoms with Gasteiger partial charge in [0, 0.05) is 19.6 Å². The maximum absolute atomic E-state index is 12.9. The zero-order chi connectivity index (χ0) is 18.8. The maximum atomic E-state index is 12.9. The minimum atomic E-state index is -0.927. The number of amides is 2. The summed E-state index contributed by atoms with van der Waals surface area (Å²) in [6.45, 7) is 11.7. The van der Waals surface area contributed by atoms with E-state index in [1.54, 1.807) is 4.90 Å². The number of hydrogen-bond acceptors (Lipinski definition) is 2. The van der Waals surface area contributed by atoms with Crippen molar-refractivity contribution in [1.29, 1.82) is 0 Å². The fourth-order valence-electron chi connectivity index (χ4n) is 4.14. The zero-order valence-corrected chi connectivity index (χ0v) is 16.0. The number of urea groups is 1. The van der Waals surface area contributed by atoms with Crippen LogP contribution in [0.3, 0.4) is 0 Å². The van der Waals surface area contributed by atoms with Gasteiger partial charge in [0.2, 0.25) is 0 Å². The second kappa shape index (κ2) is 7.06. The molecule has 1 aliphatic rings. The zero-order valence-electron chi connectivity index (χ0n) is 16.0. The summed E-state index contributed by atoms with van der Waals surface area (Å²) in [6.07, 6.45) is 0.722. The van der Waals surface area contributed by atoms with Gasteiger partial charge in [-0.2, -0.15) is 0 Å². The molecule has 2 amide bonds. The number of carbonyl (C=O) groups excluding carboxylic acids is 1. The molecule has 1 aliphatic heterocycles. The number of carboxylic acid groups (broad SMARTS) is 1. The molecule has 0 aliphatic carbocycles. The van der Waals surface area contributed by atoms with E-state index in [0.29, 0.717) is 19.6 Å². The predicted octanol–water partition coefficient (Wildman–Crippen LogP) is 3.84. The van der Waals surface area contributed by atoms with Crippen LogP contribution in [0.4, 0.5) is 4.79 Å². The first-order chi connectivity index (χ1) is 11.5. The summed E-state index contributed by atoms with van der Waals surface area (Å²) in [5, 5.41) is 9.85. The van der Waals surface area contributed by atoms with E-state index >= 15 is 0 Å². The van der Waals surface area contributed by atoms with Gasteiger partial charge in [-0.1, -0.05) is 65.0 Å². The van der Waals surface area contributed by atoms with Gasteiger partial charge in [0.1, 0.15) is 6.04 Å². The van der Waals surface area contributed by atoms with E-state index in [4.69, 9.17) is 0 Å². The van der Waals surface area contributed by atoms with E-state index < -0.39 is 17.4 Å². The first-order valence-corrected chi connectivity index (χ1v) is 8.83. The van der Waals surface area contributed by atoms with Gasteiger partial charge in [-0.3, -0.25) is 0 Å². The van der Waals surface area contributed by atoms with Crippen LogP contribution >= 0.6 is 0 Å². The molecule has 5 nitrogen and oxygen atoms in total. The molecule has 138 valence electrons. The van der Waals surface area contributed by atoms with E-state index in [0.717, 1.165) is 12.0 Å². The Morgan fingerprint density at radius 1 is 1.12 bits per heavy atom. The van der Waals surface area contributed by atoms with Crippen LogP contribution in [0, 0.1) is 10.8 Å². The standard InChI is InChI=1S/C20H30N2O3/c1-19(2,3)14-20(4,5)16(17(23)24)22-12-11-21(18(22)25)13-15-9-7-6-8-10-15/h6-10,16H,11-14H2,1-5H3,(H,23,24)/t16-/m1/s1. The molecule has 1 fully saturated rings. The third-order valence-corrected chi connectivity index (χ3v) is 4.62. The van der Waals surface area contributed by atoms with Crippen molar-refractivity contribution in [1.82, 2.24) is 9.80 Å². The number of hydrogen-bond donors (Lipinski definition) is 1. The van der Waals surface area contributed by atoms with Crippen molar-refractivity contribution in [3.8, 4) is 0 Å². The molecule has 2 rings (SSSR count). The molecule has 25 heavy (non-hydrogen) atoms. The van der Waals surface area contributed by atoms with E-state index in [1.165, 1.54) is 4.90 Å². The molecule has 0 spiro atoms. The maximum Gasteiger partial charge on any atom is 0.327 e. The van der Waals surface area contributed by atoms with Crippen LogP contribution in [-0.2, 0) is 11.3 Å². The Hall–Kier alpha value is -2.04. The minimum Gasteiger partial charge on any atom is -0.480 e. The van der Waals surface area contributed by atoms with Gasteiger partial charge in [-0.15, -0.1) is 0 Å². The van der Waals surface area contributed by atoms with Gasteiger partial charge in [0.25, 0.3) is 0 Å². The molecule has 0 radical (unpaired) electrons. The van der Waals surface area contributed by atoms with Crippen molar-refractivity contribution in [2.75, 3.05) is 13.1 Å². The van der Waals surface area contributed by atoms with E-state index in [1.807, 2.05) is 44.2 Å². The minimum absolute atomic E-state index is 0.0102. The summed E-state index contributed by atoms with van der Waals surface area (Å²) < 4.78 is 0. The average Bonchev–Trinajstić information content (AvgIpc) is 2.78. The van der Waals surface area contributed by atoms with Gasteiger partial charge in [0.05, 0.1) is 0 Å². The smallest absolute Gasteiger partial charge is 0.327 e. The molecule has 5 heteroatoms. The summed E-state index contributed by atoms with van der Waals surface area (Å²) in [5.74, 6) is -0.927. The van der Waals surface area contributed by atoms with Gasteiger partial charge >= 0.3 is 12.0 Å². The predicted molar refractivity (Wildman–Crippen MR) is 98.2 cm³/mol. The normalized spacial score (nSPS) is 17.1. The van der Waals surface area contributed by atoms with Gasteiger partial charge in [-0.05, 0) is 22.8 Å². The Labute approximate surface area is 150 Å². The van der Waals surface area contributed by atoms with Crippen molar-refractivity contribution in [3.05, 3.63) is 35.9 Å². The number of carboxylic acids is 1. The fourth-order valence-corrected chi connectivity index (χ4v) is 4.14. The highest BCUT2D eigenvalue weighted by atomic mass is 16.4. The third kappa shape index (κ3) is 4.74. The SMILES string of the molecule is CC(C)(C)CC(C)(C)[C@@H](C(=O)O)N1CCN(Cc2ccccc2)C1=O. The van der Waals surface area contributed by atoms with Crippen molar-refractivity contribution in [2.24, 2.45) is 10.8 Å². The molecule has 1 aromatic carbocycles. The lowest BCUT2D eigenvalue weighted by molar-refractivity contribution is -0.147. The largest absolute Gasteiger partial charge is 0.480 e. The van der Waals surface area contributed by atoms with Crippen LogP contribution in [0.2, 0.25) is 0 Å². The van der Waals surface area contributed by atoms with Crippen molar-refractivity contribution in [2.45, 2.75) is 53.6 Å². The Morgan fingerprint density at radius 3 is 2.24 bits per heavy atom. The van der Waals surface area contributed by atoms with Crippen molar-refractivity contribution >= 4 is 12.0 Å². The Bertz CT molecular complexity index is 620. The van der Waals surface area contributed by atoms with E-state index in [9.17, 15) is 14.7 Å². The number of benzene rings is 1. The molecular formula is C20H30N2O3. The van der Waals surface area contributed by atoms with Crippen molar-refractivity contribution in [3.63, 3.8) is 0 Å². The van der Waals surface area contributed by atoms with E-state index in [2.05, 4.69) is 20.8 Å². The molecule has 1 saturated heterocycles. The Kier molecular flexibility index (Phi) is 5.45. The molecule has 1 aromatic rings. The molecule has 1 heterocycles. The second-order valence-electron chi connectivity index (χ2n) is 8.85. The van der Waals surface area contributed by atoms with Crippen LogP contribution < -0.4 is 0 Å². The molecule has 0 aromatic heterocycles. The van der Waals surface area contributed by atoms with Crippen LogP contribution in [0.1, 0.15) is 46.6 Å². The summed E-state index contributed by atoms with van der Waals surface area (Å²) in [6, 6.07) is 8.79. The quantitative estimate of drug-likeness (QED) is 0.851. The highest BCUT2D eigenvalue weighted by molar-refractivity contribution is 5.84. The highest BCUT2D eigenvalue weighted by Gasteiger charge is 2.46. The first kappa shape index (κ1) is 19.3. The van der Waals surface area contributed by atoms with Crippen LogP contribution in [0.15, 0.2) is 30.3 Å². The third-order valence-electron chi connectivity index (χ3n) is 4.62. The fraction of sp³-hybridized carbons (Fsp3) is 0.600. The van der Waals surface area contributed by atoms with Crippen LogP contribution in [-0.4, -0.2) is 46.0 Å². The Morgan fingerprint density at radius 2 is 1.72 bits per heavy atom. The number of nitrogens with zero attached hydrogens (tertiary/aromatic N) is 2. The van der Waals surface area contributed by atoms with Crippen molar-refractivity contribution < 1.29 is 14.7 Å². The molecule has 1 atom stereocenters. The lowest BCUT2D eigenvalue weighted by Gasteiger charge is -2.40. The molecular weight excluding hydrogens is 316 g/mol. The summed E-state index contributed by atoms with van der Waals surface area (Å²) in [4.78, 5) is 28.1. The van der Waals surface area contributed by atoms with E-state index in [-0.39, 0.29) is 11.4 Å². The monoisotopic (exact) mass is 346 g/mol. The topological polar surface area (TPSA) is 60.9 Å². The average molecular weight is 346 g/mol. The van der Waals surface area contributed by atoms with Gasteiger partial charge < -0.3 is 14.9 Å². The van der Waals surface area contributed by atoms with Gasteiger partial charge in [-0.25, -0.2) is 9.59 Å². The lowest BCUT2D eigenvalue weighted by atomic mass is 9.71. The highest BCUT2D eigenvalue weighted by Crippen LogP contribution is 2.39. The van der Waals surface area contributed by atoms with Crippen LogP contribution in [0.5, 0.6) is 0 Å². The molecule has 1 N–H and O–H groups in total. The number of rotatable bonds is 6.